The molecular formula is C15H26N4O2. The minimum absolute atomic E-state index is 0.304. The molecule has 3 N–H and O–H groups in total. The van der Waals surface area contributed by atoms with Crippen LogP contribution in [0.25, 0.3) is 0 Å². The fourth-order valence-electron chi connectivity index (χ4n) is 1.87. The topological polar surface area (TPSA) is 70.8 Å². The molecule has 0 unspecified atom stereocenters. The Kier molecular flexibility index (Phi) is 7.74. The smallest absolute Gasteiger partial charge is 0.265 e. The number of nitrogen functional groups attached to an aromatic ring is 1. The van der Waals surface area contributed by atoms with Crippen molar-refractivity contribution in [2.45, 2.75) is 6.42 Å². The number of carbonyl (C=O) groups excluding carboxylic acids is 1. The molecule has 0 bridgehead atoms. The molecule has 0 atom stereocenters. The third-order valence-corrected chi connectivity index (χ3v) is 3.13. The summed E-state index contributed by atoms with van der Waals surface area (Å²) in [4.78, 5) is 15.7. The molecule has 1 aromatic rings. The van der Waals surface area contributed by atoms with Gasteiger partial charge in [0, 0.05) is 12.1 Å². The van der Waals surface area contributed by atoms with Crippen LogP contribution in [0, 0.1) is 0 Å². The van der Waals surface area contributed by atoms with Gasteiger partial charge in [-0.3, -0.25) is 10.2 Å². The zero-order valence-corrected chi connectivity index (χ0v) is 13.1. The average Bonchev–Trinajstić information content (AvgIpc) is 2.46. The number of hydrazine groups is 1. The minimum Gasteiger partial charge on any atom is -0.492 e. The molecule has 0 aliphatic rings. The third kappa shape index (κ3) is 7.08. The first-order chi connectivity index (χ1) is 10.0. The van der Waals surface area contributed by atoms with Crippen molar-refractivity contribution in [3.05, 3.63) is 29.8 Å². The van der Waals surface area contributed by atoms with E-state index in [0.717, 1.165) is 31.8 Å². The molecule has 0 aromatic heterocycles. The summed E-state index contributed by atoms with van der Waals surface area (Å²) in [7, 11) is 6.25. The average molecular weight is 294 g/mol. The van der Waals surface area contributed by atoms with E-state index in [4.69, 9.17) is 10.6 Å². The maximum Gasteiger partial charge on any atom is 0.265 e. The van der Waals surface area contributed by atoms with Gasteiger partial charge < -0.3 is 14.5 Å². The lowest BCUT2D eigenvalue weighted by Crippen LogP contribution is -2.29. The number of amides is 1. The SMILES string of the molecule is CN(C)CCCN(C)CCOc1ccc(C(=O)NN)cc1. The van der Waals surface area contributed by atoms with Gasteiger partial charge in [0.2, 0.25) is 0 Å². The molecule has 0 heterocycles. The van der Waals surface area contributed by atoms with Gasteiger partial charge in [0.25, 0.3) is 5.91 Å². The van der Waals surface area contributed by atoms with E-state index >= 15 is 0 Å². The van der Waals surface area contributed by atoms with Crippen molar-refractivity contribution in [1.29, 1.82) is 0 Å². The Balaban J connectivity index is 2.24. The quantitative estimate of drug-likeness (QED) is 0.395. The van der Waals surface area contributed by atoms with Gasteiger partial charge >= 0.3 is 0 Å². The molecular weight excluding hydrogens is 268 g/mol. The van der Waals surface area contributed by atoms with Gasteiger partial charge in [-0.1, -0.05) is 0 Å². The van der Waals surface area contributed by atoms with Gasteiger partial charge in [0.1, 0.15) is 12.4 Å². The maximum atomic E-state index is 11.3. The van der Waals surface area contributed by atoms with Gasteiger partial charge in [-0.15, -0.1) is 0 Å². The van der Waals surface area contributed by atoms with Crippen molar-refractivity contribution < 1.29 is 9.53 Å². The summed E-state index contributed by atoms with van der Waals surface area (Å²) < 4.78 is 5.66. The lowest BCUT2D eigenvalue weighted by molar-refractivity contribution is 0.0953. The van der Waals surface area contributed by atoms with E-state index in [1.165, 1.54) is 0 Å². The molecule has 1 amide bonds. The van der Waals surface area contributed by atoms with E-state index in [1.807, 2.05) is 0 Å². The largest absolute Gasteiger partial charge is 0.492 e. The summed E-state index contributed by atoms with van der Waals surface area (Å²) in [5, 5.41) is 0. The molecule has 6 heteroatoms. The Morgan fingerprint density at radius 3 is 2.38 bits per heavy atom. The molecule has 6 nitrogen and oxygen atoms in total. The normalized spacial score (nSPS) is 11.0. The highest BCUT2D eigenvalue weighted by Crippen LogP contribution is 2.11. The monoisotopic (exact) mass is 294 g/mol. The van der Waals surface area contributed by atoms with Crippen molar-refractivity contribution in [2.75, 3.05) is 47.4 Å². The molecule has 0 aliphatic heterocycles. The number of rotatable bonds is 9. The molecule has 21 heavy (non-hydrogen) atoms. The Morgan fingerprint density at radius 1 is 1.14 bits per heavy atom. The van der Waals surface area contributed by atoms with E-state index in [9.17, 15) is 4.79 Å². The molecule has 0 spiro atoms. The van der Waals surface area contributed by atoms with Crippen LogP contribution in [0.1, 0.15) is 16.8 Å². The van der Waals surface area contributed by atoms with Gasteiger partial charge in [-0.25, -0.2) is 5.84 Å². The molecule has 1 rings (SSSR count). The summed E-state index contributed by atoms with van der Waals surface area (Å²) in [5.41, 5.74) is 2.62. The van der Waals surface area contributed by atoms with Gasteiger partial charge in [0.05, 0.1) is 0 Å². The van der Waals surface area contributed by atoms with Crippen molar-refractivity contribution in [1.82, 2.24) is 15.2 Å². The second-order valence-electron chi connectivity index (χ2n) is 5.31. The number of hydrogen-bond acceptors (Lipinski definition) is 5. The van der Waals surface area contributed by atoms with E-state index in [2.05, 4.69) is 36.4 Å². The van der Waals surface area contributed by atoms with Gasteiger partial charge in [-0.2, -0.15) is 0 Å². The number of likely N-dealkylation sites (N-methyl/N-ethyl adjacent to an activating group) is 1. The standard InChI is InChI=1S/C15H26N4O2/c1-18(2)9-4-10-19(3)11-12-21-14-7-5-13(6-8-14)15(20)17-16/h5-8H,4,9-12,16H2,1-3H3,(H,17,20). The van der Waals surface area contributed by atoms with Crippen LogP contribution in [0.5, 0.6) is 5.75 Å². The number of nitrogens with one attached hydrogen (secondary N) is 1. The number of ether oxygens (including phenoxy) is 1. The zero-order valence-electron chi connectivity index (χ0n) is 13.1. The van der Waals surface area contributed by atoms with E-state index < -0.39 is 0 Å². The minimum atomic E-state index is -0.304. The van der Waals surface area contributed by atoms with E-state index in [-0.39, 0.29) is 5.91 Å². The second-order valence-corrected chi connectivity index (χ2v) is 5.31. The summed E-state index contributed by atoms with van der Waals surface area (Å²) in [6, 6.07) is 6.93. The maximum absolute atomic E-state index is 11.3. The van der Waals surface area contributed by atoms with Crippen LogP contribution in [0.4, 0.5) is 0 Å². The van der Waals surface area contributed by atoms with Crippen molar-refractivity contribution in [2.24, 2.45) is 5.84 Å². The van der Waals surface area contributed by atoms with Crippen LogP contribution in [0.15, 0.2) is 24.3 Å². The van der Waals surface area contributed by atoms with Crippen LogP contribution in [0.2, 0.25) is 0 Å². The van der Waals surface area contributed by atoms with Gasteiger partial charge in [-0.05, 0) is 64.9 Å². The fraction of sp³-hybridized carbons (Fsp3) is 0.533. The molecule has 0 saturated heterocycles. The van der Waals surface area contributed by atoms with Crippen LogP contribution >= 0.6 is 0 Å². The molecule has 0 radical (unpaired) electrons. The molecule has 0 saturated carbocycles. The van der Waals surface area contributed by atoms with Gasteiger partial charge in [0.15, 0.2) is 0 Å². The molecule has 0 fully saturated rings. The van der Waals surface area contributed by atoms with E-state index in [0.29, 0.717) is 12.2 Å². The van der Waals surface area contributed by atoms with Crippen molar-refractivity contribution in [3.63, 3.8) is 0 Å². The number of carbonyl (C=O) groups is 1. The summed E-state index contributed by atoms with van der Waals surface area (Å²) in [6.45, 7) is 3.65. The Labute approximate surface area is 126 Å². The summed E-state index contributed by atoms with van der Waals surface area (Å²) in [6.07, 6.45) is 1.15. The van der Waals surface area contributed by atoms with Crippen LogP contribution < -0.4 is 16.0 Å². The highest BCUT2D eigenvalue weighted by molar-refractivity contribution is 5.93. The number of nitrogens with zero attached hydrogens (tertiary/aromatic N) is 2. The van der Waals surface area contributed by atoms with Crippen molar-refractivity contribution in [3.8, 4) is 5.75 Å². The number of benzene rings is 1. The predicted octanol–water partition coefficient (Wildman–Crippen LogP) is 0.552. The first-order valence-electron chi connectivity index (χ1n) is 7.10. The molecule has 1 aromatic carbocycles. The highest BCUT2D eigenvalue weighted by Gasteiger charge is 2.03. The Bertz CT molecular complexity index is 420. The fourth-order valence-corrected chi connectivity index (χ4v) is 1.87. The first-order valence-corrected chi connectivity index (χ1v) is 7.10. The number of hydrogen-bond donors (Lipinski definition) is 2. The lowest BCUT2D eigenvalue weighted by atomic mass is 10.2. The summed E-state index contributed by atoms with van der Waals surface area (Å²) >= 11 is 0. The molecule has 0 aliphatic carbocycles. The number of nitrogens with two attached hydrogens (primary N) is 1. The molecule has 118 valence electrons. The lowest BCUT2D eigenvalue weighted by Gasteiger charge is -2.18. The van der Waals surface area contributed by atoms with Crippen LogP contribution in [-0.4, -0.2) is 63.1 Å². The van der Waals surface area contributed by atoms with Crippen LogP contribution in [-0.2, 0) is 0 Å². The van der Waals surface area contributed by atoms with E-state index in [1.54, 1.807) is 24.3 Å². The summed E-state index contributed by atoms with van der Waals surface area (Å²) in [5.74, 6) is 5.53. The first kappa shape index (κ1) is 17.4. The third-order valence-electron chi connectivity index (χ3n) is 3.13. The Morgan fingerprint density at radius 2 is 1.81 bits per heavy atom. The zero-order chi connectivity index (χ0) is 15.7. The highest BCUT2D eigenvalue weighted by atomic mass is 16.5. The Hall–Kier alpha value is -1.63. The van der Waals surface area contributed by atoms with Crippen molar-refractivity contribution >= 4 is 5.91 Å². The van der Waals surface area contributed by atoms with Crippen LogP contribution in [0.3, 0.4) is 0 Å². The second kappa shape index (κ2) is 9.33. The predicted molar refractivity (Wildman–Crippen MR) is 84.3 cm³/mol.